The molecule has 2 rings (SSSR count). The minimum absolute atomic E-state index is 0.0632. The van der Waals surface area contributed by atoms with E-state index < -0.39 is 11.6 Å². The Morgan fingerprint density at radius 3 is 2.65 bits per heavy atom. The molecule has 1 amide bonds. The summed E-state index contributed by atoms with van der Waals surface area (Å²) in [4.78, 5) is 25.2. The fourth-order valence-corrected chi connectivity index (χ4v) is 2.85. The second kappa shape index (κ2) is 5.76. The Hall–Kier alpha value is -1.66. The zero-order chi connectivity index (χ0) is 14.8. The summed E-state index contributed by atoms with van der Waals surface area (Å²) in [6, 6.07) is 1.69. The Morgan fingerprint density at radius 1 is 1.40 bits per heavy atom. The maximum atomic E-state index is 12.3. The van der Waals surface area contributed by atoms with Crippen LogP contribution in [-0.2, 0) is 4.79 Å². The van der Waals surface area contributed by atoms with E-state index in [1.165, 1.54) is 17.4 Å². The van der Waals surface area contributed by atoms with Crippen LogP contribution >= 0.6 is 11.3 Å². The summed E-state index contributed by atoms with van der Waals surface area (Å²) in [7, 11) is 0. The van der Waals surface area contributed by atoms with Gasteiger partial charge in [0.2, 0.25) is 0 Å². The lowest BCUT2D eigenvalue weighted by Gasteiger charge is -2.35. The van der Waals surface area contributed by atoms with Crippen LogP contribution in [0.25, 0.3) is 6.08 Å². The lowest BCUT2D eigenvalue weighted by molar-refractivity contribution is -0.131. The van der Waals surface area contributed by atoms with Crippen molar-refractivity contribution in [2.45, 2.75) is 25.4 Å². The molecule has 0 radical (unpaired) electrons. The van der Waals surface area contributed by atoms with Crippen molar-refractivity contribution >= 4 is 29.3 Å². The quantitative estimate of drug-likeness (QED) is 0.834. The largest absolute Gasteiger partial charge is 0.478 e. The van der Waals surface area contributed by atoms with Gasteiger partial charge in [-0.05, 0) is 31.9 Å². The van der Waals surface area contributed by atoms with Crippen molar-refractivity contribution in [1.82, 2.24) is 4.90 Å². The summed E-state index contributed by atoms with van der Waals surface area (Å²) in [5.41, 5.74) is -0.109. The van der Waals surface area contributed by atoms with Gasteiger partial charge in [-0.3, -0.25) is 4.79 Å². The third-order valence-electron chi connectivity index (χ3n) is 3.38. The van der Waals surface area contributed by atoms with E-state index in [0.717, 1.165) is 11.0 Å². The number of carbonyl (C=O) groups excluding carboxylic acids is 1. The van der Waals surface area contributed by atoms with Gasteiger partial charge in [0.25, 0.3) is 5.91 Å². The molecule has 0 bridgehead atoms. The minimum Gasteiger partial charge on any atom is -0.478 e. The van der Waals surface area contributed by atoms with Gasteiger partial charge < -0.3 is 15.1 Å². The third-order valence-corrected chi connectivity index (χ3v) is 4.28. The fourth-order valence-electron chi connectivity index (χ4n) is 2.08. The molecule has 0 unspecified atom stereocenters. The van der Waals surface area contributed by atoms with E-state index in [1.807, 2.05) is 0 Å². The van der Waals surface area contributed by atoms with Gasteiger partial charge in [-0.15, -0.1) is 11.3 Å². The summed E-state index contributed by atoms with van der Waals surface area (Å²) >= 11 is 1.34. The lowest BCUT2D eigenvalue weighted by atomic mass is 9.93. The van der Waals surface area contributed by atoms with E-state index >= 15 is 0 Å². The summed E-state index contributed by atoms with van der Waals surface area (Å²) in [6.07, 6.45) is 3.69. The van der Waals surface area contributed by atoms with Crippen molar-refractivity contribution in [2.24, 2.45) is 0 Å². The average Bonchev–Trinajstić information content (AvgIpc) is 2.84. The number of amides is 1. The van der Waals surface area contributed by atoms with Gasteiger partial charge in [0, 0.05) is 29.4 Å². The zero-order valence-corrected chi connectivity index (χ0v) is 12.0. The van der Waals surface area contributed by atoms with E-state index in [9.17, 15) is 14.7 Å². The number of hydrogen-bond acceptors (Lipinski definition) is 4. The molecule has 1 fully saturated rings. The van der Waals surface area contributed by atoms with Crippen molar-refractivity contribution in [3.8, 4) is 0 Å². The number of carboxylic acids is 1. The van der Waals surface area contributed by atoms with Crippen LogP contribution in [0, 0.1) is 0 Å². The van der Waals surface area contributed by atoms with Crippen molar-refractivity contribution < 1.29 is 19.8 Å². The van der Waals surface area contributed by atoms with Gasteiger partial charge in [0.1, 0.15) is 0 Å². The molecule has 20 heavy (non-hydrogen) atoms. The third kappa shape index (κ3) is 3.68. The van der Waals surface area contributed by atoms with Crippen LogP contribution in [-0.4, -0.2) is 45.7 Å². The van der Waals surface area contributed by atoms with Crippen LogP contribution in [0.5, 0.6) is 0 Å². The molecule has 6 heteroatoms. The molecular weight excluding hydrogens is 278 g/mol. The van der Waals surface area contributed by atoms with Gasteiger partial charge >= 0.3 is 5.97 Å². The standard InChI is InChI=1S/C14H17NO4S/c1-14(19)4-6-15(7-5-14)13(18)10-8-11(20-9-10)2-3-12(16)17/h2-3,8-9,19H,4-7H2,1H3,(H,16,17)/b3-2+. The molecule has 0 aromatic carbocycles. The minimum atomic E-state index is -1.01. The SMILES string of the molecule is CC1(O)CCN(C(=O)c2csc(/C=C/C(=O)O)c2)CC1. The highest BCUT2D eigenvalue weighted by Crippen LogP contribution is 2.24. The van der Waals surface area contributed by atoms with E-state index in [0.29, 0.717) is 31.5 Å². The number of carbonyl (C=O) groups is 2. The highest BCUT2D eigenvalue weighted by atomic mass is 32.1. The topological polar surface area (TPSA) is 77.8 Å². The predicted octanol–water partition coefficient (Wildman–Crippen LogP) is 1.83. The second-order valence-electron chi connectivity index (χ2n) is 5.20. The Balaban J connectivity index is 2.01. The van der Waals surface area contributed by atoms with Crippen molar-refractivity contribution in [1.29, 1.82) is 0 Å². The number of rotatable bonds is 3. The maximum absolute atomic E-state index is 12.3. The van der Waals surface area contributed by atoms with Gasteiger partial charge in [-0.1, -0.05) is 0 Å². The number of aliphatic carboxylic acids is 1. The first-order chi connectivity index (χ1) is 9.37. The molecule has 1 aromatic rings. The Morgan fingerprint density at radius 2 is 2.05 bits per heavy atom. The van der Waals surface area contributed by atoms with Crippen LogP contribution in [0.1, 0.15) is 35.0 Å². The van der Waals surface area contributed by atoms with Crippen LogP contribution < -0.4 is 0 Å². The van der Waals surface area contributed by atoms with Gasteiger partial charge in [-0.2, -0.15) is 0 Å². The first kappa shape index (κ1) is 14.7. The Labute approximate surface area is 121 Å². The monoisotopic (exact) mass is 295 g/mol. The summed E-state index contributed by atoms with van der Waals surface area (Å²) in [5, 5.41) is 20.2. The number of piperidine rings is 1. The number of likely N-dealkylation sites (tertiary alicyclic amines) is 1. The fraction of sp³-hybridized carbons (Fsp3) is 0.429. The highest BCUT2D eigenvalue weighted by Gasteiger charge is 2.30. The van der Waals surface area contributed by atoms with Gasteiger partial charge in [-0.25, -0.2) is 4.79 Å². The van der Waals surface area contributed by atoms with Crippen LogP contribution in [0.3, 0.4) is 0 Å². The molecule has 1 aliphatic rings. The zero-order valence-electron chi connectivity index (χ0n) is 11.2. The molecule has 0 aliphatic carbocycles. The van der Waals surface area contributed by atoms with E-state index in [4.69, 9.17) is 5.11 Å². The lowest BCUT2D eigenvalue weighted by Crippen LogP contribution is -2.45. The summed E-state index contributed by atoms with van der Waals surface area (Å²) in [5.74, 6) is -1.07. The first-order valence-electron chi connectivity index (χ1n) is 6.39. The predicted molar refractivity (Wildman–Crippen MR) is 76.8 cm³/mol. The molecule has 108 valence electrons. The number of carboxylic acid groups (broad SMARTS) is 1. The van der Waals surface area contributed by atoms with Crippen molar-refractivity contribution in [2.75, 3.05) is 13.1 Å². The highest BCUT2D eigenvalue weighted by molar-refractivity contribution is 7.11. The summed E-state index contributed by atoms with van der Waals surface area (Å²) < 4.78 is 0. The molecule has 2 N–H and O–H groups in total. The van der Waals surface area contributed by atoms with Crippen LogP contribution in [0.2, 0.25) is 0 Å². The van der Waals surface area contributed by atoms with Crippen LogP contribution in [0.4, 0.5) is 0 Å². The van der Waals surface area contributed by atoms with E-state index in [2.05, 4.69) is 0 Å². The Kier molecular flexibility index (Phi) is 4.25. The van der Waals surface area contributed by atoms with Crippen LogP contribution in [0.15, 0.2) is 17.5 Å². The van der Waals surface area contributed by atoms with Gasteiger partial charge in [0.15, 0.2) is 0 Å². The number of thiophene rings is 1. The molecule has 1 aromatic heterocycles. The molecule has 1 aliphatic heterocycles. The van der Waals surface area contributed by atoms with Gasteiger partial charge in [0.05, 0.1) is 11.2 Å². The van der Waals surface area contributed by atoms with Crippen molar-refractivity contribution in [3.63, 3.8) is 0 Å². The maximum Gasteiger partial charge on any atom is 0.328 e. The molecule has 0 atom stereocenters. The normalized spacial score (nSPS) is 18.4. The smallest absolute Gasteiger partial charge is 0.328 e. The number of nitrogens with zero attached hydrogens (tertiary/aromatic N) is 1. The van der Waals surface area contributed by atoms with E-state index in [-0.39, 0.29) is 5.91 Å². The summed E-state index contributed by atoms with van der Waals surface area (Å²) in [6.45, 7) is 2.87. The number of hydrogen-bond donors (Lipinski definition) is 2. The van der Waals surface area contributed by atoms with Crippen molar-refractivity contribution in [3.05, 3.63) is 28.0 Å². The molecule has 5 nitrogen and oxygen atoms in total. The average molecular weight is 295 g/mol. The second-order valence-corrected chi connectivity index (χ2v) is 6.14. The number of aliphatic hydroxyl groups is 1. The molecule has 1 saturated heterocycles. The molecular formula is C14H17NO4S. The Bertz CT molecular complexity index is 537. The molecule has 2 heterocycles. The molecule has 0 spiro atoms. The first-order valence-corrected chi connectivity index (χ1v) is 7.26. The van der Waals surface area contributed by atoms with E-state index in [1.54, 1.807) is 23.3 Å². The molecule has 0 saturated carbocycles.